The average Bonchev–Trinajstić information content (AvgIpc) is 3.53. The summed E-state index contributed by atoms with van der Waals surface area (Å²) in [5.74, 6) is 0. The van der Waals surface area contributed by atoms with Crippen molar-refractivity contribution in [3.05, 3.63) is 186 Å². The van der Waals surface area contributed by atoms with Crippen LogP contribution in [-0.2, 0) is 16.2 Å². The minimum atomic E-state index is -0.0302. The molecule has 0 spiro atoms. The molecule has 0 aromatic heterocycles. The van der Waals surface area contributed by atoms with E-state index in [0.29, 0.717) is 0 Å². The fraction of sp³-hybridized carbons (Fsp3) is 0.270. The zero-order valence-electron chi connectivity index (χ0n) is 40.8. The van der Waals surface area contributed by atoms with E-state index in [1.54, 1.807) is 5.56 Å². The molecule has 332 valence electrons. The summed E-state index contributed by atoms with van der Waals surface area (Å²) in [6, 6.07) is 62.7. The predicted molar refractivity (Wildman–Crippen MR) is 288 cm³/mol. The molecule has 3 aliphatic heterocycles. The summed E-state index contributed by atoms with van der Waals surface area (Å²) in [4.78, 5) is 7.93. The summed E-state index contributed by atoms with van der Waals surface area (Å²) < 4.78 is 0. The zero-order chi connectivity index (χ0) is 46.2. The first kappa shape index (κ1) is 41.9. The monoisotopic (exact) mass is 872 g/mol. The second-order valence-electron chi connectivity index (χ2n) is 22.7. The summed E-state index contributed by atoms with van der Waals surface area (Å²) in [6.07, 6.45) is 4.94. The SMILES string of the molecule is Cc1cc2c3c(c1)N1c4c(cc(C(C)(C)C)cc4C4(C)CCCC[C@@]14C)B3c1ccc(N(c3ccc(C(C)(C)C)cc3)c3cccc(-c4ccc5ccccc5c4)c3)cc1N2c1ccccc1. The molecular formula is C63H62BN3. The number of benzene rings is 8. The van der Waals surface area contributed by atoms with E-state index in [0.717, 1.165) is 17.1 Å². The van der Waals surface area contributed by atoms with Gasteiger partial charge in [0.25, 0.3) is 6.71 Å². The highest BCUT2D eigenvalue weighted by Crippen LogP contribution is 2.62. The van der Waals surface area contributed by atoms with E-state index < -0.39 is 0 Å². The summed E-state index contributed by atoms with van der Waals surface area (Å²) in [5.41, 5.74) is 22.3. The number of hydrogen-bond acceptors (Lipinski definition) is 3. The molecule has 1 unspecified atom stereocenters. The fourth-order valence-electron chi connectivity index (χ4n) is 12.6. The van der Waals surface area contributed by atoms with Crippen molar-refractivity contribution in [1.29, 1.82) is 0 Å². The summed E-state index contributed by atoms with van der Waals surface area (Å²) in [5, 5.41) is 2.51. The maximum absolute atomic E-state index is 2.86. The highest BCUT2D eigenvalue weighted by molar-refractivity contribution is 7.00. The minimum absolute atomic E-state index is 0.00137. The first-order chi connectivity index (χ1) is 32.1. The lowest BCUT2D eigenvalue weighted by molar-refractivity contribution is 0.195. The van der Waals surface area contributed by atoms with Crippen molar-refractivity contribution < 1.29 is 0 Å². The molecule has 8 aromatic carbocycles. The minimum Gasteiger partial charge on any atom is -0.335 e. The highest BCUT2D eigenvalue weighted by Gasteiger charge is 2.61. The second-order valence-corrected chi connectivity index (χ2v) is 22.7. The van der Waals surface area contributed by atoms with Gasteiger partial charge in [-0.05, 0) is 165 Å². The standard InChI is InChI=1S/C63H62BN3/c1-41-34-56-58-57(35-41)67-59-52(62(8)32-15-16-33-63(62,67)9)38-47(61(5,6)7)39-54(59)64(58)53-31-30-51(40-55(53)66(56)48-21-11-10-12-22-48)65(49-28-26-46(27-29-49)60(2,3)4)50-23-17-20-44(37-50)45-25-24-42-18-13-14-19-43(42)36-45/h10-14,17-31,34-40H,15-16,32-33H2,1-9H3/t62?,63-/m1/s1. The molecule has 3 nitrogen and oxygen atoms in total. The molecule has 1 fully saturated rings. The lowest BCUT2D eigenvalue weighted by atomic mass is 9.33. The van der Waals surface area contributed by atoms with Crippen molar-refractivity contribution in [2.45, 2.75) is 110 Å². The van der Waals surface area contributed by atoms with E-state index in [2.05, 4.69) is 241 Å². The van der Waals surface area contributed by atoms with Crippen LogP contribution in [0, 0.1) is 6.92 Å². The van der Waals surface area contributed by atoms with Crippen LogP contribution in [0.3, 0.4) is 0 Å². The van der Waals surface area contributed by atoms with Crippen molar-refractivity contribution in [1.82, 2.24) is 0 Å². The van der Waals surface area contributed by atoms with E-state index in [1.807, 2.05) is 0 Å². The van der Waals surface area contributed by atoms with Gasteiger partial charge in [-0.2, -0.15) is 0 Å². The molecular weight excluding hydrogens is 810 g/mol. The lowest BCUT2D eigenvalue weighted by Crippen LogP contribution is -2.64. The molecule has 8 aromatic rings. The van der Waals surface area contributed by atoms with E-state index in [9.17, 15) is 0 Å². The number of para-hydroxylation sites is 1. The summed E-state index contributed by atoms with van der Waals surface area (Å²) in [7, 11) is 0. The topological polar surface area (TPSA) is 9.72 Å². The van der Waals surface area contributed by atoms with Crippen LogP contribution in [0.4, 0.5) is 45.5 Å². The molecule has 1 saturated carbocycles. The van der Waals surface area contributed by atoms with Crippen molar-refractivity contribution in [2.24, 2.45) is 0 Å². The highest BCUT2D eigenvalue weighted by atomic mass is 15.3. The van der Waals surface area contributed by atoms with Gasteiger partial charge in [-0.25, -0.2) is 0 Å². The third-order valence-corrected chi connectivity index (χ3v) is 16.5. The number of fused-ring (bicyclic) bond motifs is 8. The Hall–Kier alpha value is -6.52. The molecule has 4 aliphatic rings. The van der Waals surface area contributed by atoms with Crippen LogP contribution in [0.2, 0.25) is 0 Å². The summed E-state index contributed by atoms with van der Waals surface area (Å²) >= 11 is 0. The van der Waals surface area contributed by atoms with E-state index in [4.69, 9.17) is 0 Å². The molecule has 12 rings (SSSR count). The number of nitrogens with zero attached hydrogens (tertiary/aromatic N) is 3. The first-order valence-corrected chi connectivity index (χ1v) is 24.8. The molecule has 2 atom stereocenters. The fourth-order valence-corrected chi connectivity index (χ4v) is 12.6. The largest absolute Gasteiger partial charge is 0.335 e. The molecule has 67 heavy (non-hydrogen) atoms. The maximum Gasteiger partial charge on any atom is 0.252 e. The quantitative estimate of drug-likeness (QED) is 0.160. The predicted octanol–water partition coefficient (Wildman–Crippen LogP) is 15.2. The number of hydrogen-bond donors (Lipinski definition) is 0. The van der Waals surface area contributed by atoms with Gasteiger partial charge >= 0.3 is 0 Å². The molecule has 3 heterocycles. The smallest absolute Gasteiger partial charge is 0.252 e. The van der Waals surface area contributed by atoms with Crippen LogP contribution in [0.1, 0.15) is 103 Å². The Morgan fingerprint density at radius 2 is 1.19 bits per heavy atom. The van der Waals surface area contributed by atoms with Crippen molar-refractivity contribution in [3.63, 3.8) is 0 Å². The van der Waals surface area contributed by atoms with Crippen molar-refractivity contribution in [2.75, 3.05) is 14.7 Å². The lowest BCUT2D eigenvalue weighted by Gasteiger charge is -2.52. The van der Waals surface area contributed by atoms with Gasteiger partial charge in [0.15, 0.2) is 0 Å². The van der Waals surface area contributed by atoms with Crippen molar-refractivity contribution in [3.8, 4) is 11.1 Å². The third-order valence-electron chi connectivity index (χ3n) is 16.5. The van der Waals surface area contributed by atoms with Crippen LogP contribution < -0.4 is 31.1 Å². The van der Waals surface area contributed by atoms with E-state index in [1.165, 1.54) is 109 Å². The zero-order valence-corrected chi connectivity index (χ0v) is 40.8. The summed E-state index contributed by atoms with van der Waals surface area (Å²) in [6.45, 7) is 21.7. The van der Waals surface area contributed by atoms with Gasteiger partial charge in [0.1, 0.15) is 0 Å². The first-order valence-electron chi connectivity index (χ1n) is 24.8. The molecule has 0 saturated heterocycles. The Kier molecular flexibility index (Phi) is 9.21. The van der Waals surface area contributed by atoms with Crippen molar-refractivity contribution >= 4 is 79.4 Å². The van der Waals surface area contributed by atoms with Gasteiger partial charge in [0, 0.05) is 50.9 Å². The Morgan fingerprint density at radius 3 is 1.96 bits per heavy atom. The van der Waals surface area contributed by atoms with Gasteiger partial charge in [-0.3, -0.25) is 0 Å². The molecule has 0 bridgehead atoms. The molecule has 4 heteroatoms. The number of aryl methyl sites for hydroxylation is 1. The Morgan fingerprint density at radius 1 is 0.522 bits per heavy atom. The number of rotatable bonds is 5. The second kappa shape index (κ2) is 14.7. The van der Waals surface area contributed by atoms with Gasteiger partial charge < -0.3 is 14.7 Å². The van der Waals surface area contributed by atoms with Gasteiger partial charge in [-0.1, -0.05) is 158 Å². The normalized spacial score (nSPS) is 19.2. The van der Waals surface area contributed by atoms with Crippen LogP contribution >= 0.6 is 0 Å². The van der Waals surface area contributed by atoms with Crippen LogP contribution in [-0.4, -0.2) is 12.3 Å². The Bertz CT molecular complexity index is 3280. The third kappa shape index (κ3) is 6.31. The molecule has 1 aliphatic carbocycles. The molecule has 0 N–H and O–H groups in total. The van der Waals surface area contributed by atoms with E-state index >= 15 is 0 Å². The van der Waals surface area contributed by atoms with Gasteiger partial charge in [0.05, 0.1) is 5.54 Å². The Labute approximate surface area is 399 Å². The maximum atomic E-state index is 2.86. The molecule has 0 amide bonds. The van der Waals surface area contributed by atoms with Crippen LogP contribution in [0.15, 0.2) is 164 Å². The van der Waals surface area contributed by atoms with Crippen LogP contribution in [0.5, 0.6) is 0 Å². The average molecular weight is 872 g/mol. The molecule has 0 radical (unpaired) electrons. The van der Waals surface area contributed by atoms with E-state index in [-0.39, 0.29) is 28.5 Å². The van der Waals surface area contributed by atoms with Crippen LogP contribution in [0.25, 0.3) is 21.9 Å². The van der Waals surface area contributed by atoms with Gasteiger partial charge in [-0.15, -0.1) is 0 Å². The Balaban J connectivity index is 1.11. The number of anilines is 8. The van der Waals surface area contributed by atoms with Gasteiger partial charge in [0.2, 0.25) is 0 Å².